The number of hydrogen-bond donors (Lipinski definition) is 2. The van der Waals surface area contributed by atoms with Gasteiger partial charge in [-0.15, -0.1) is 0 Å². The highest BCUT2D eigenvalue weighted by atomic mass is 19.4. The number of nitrogens with zero attached hydrogens (tertiary/aromatic N) is 1. The van der Waals surface area contributed by atoms with Crippen LogP contribution >= 0.6 is 0 Å². The summed E-state index contributed by atoms with van der Waals surface area (Å²) >= 11 is 0. The molecule has 4 aromatic carbocycles. The molecule has 1 aliphatic heterocycles. The van der Waals surface area contributed by atoms with Gasteiger partial charge in [-0.05, 0) is 77.4 Å². The Kier molecular flexibility index (Phi) is 9.02. The van der Waals surface area contributed by atoms with E-state index in [0.29, 0.717) is 47.7 Å². The predicted molar refractivity (Wildman–Crippen MR) is 173 cm³/mol. The summed E-state index contributed by atoms with van der Waals surface area (Å²) in [6.45, 7) is 0.911. The molecule has 2 unspecified atom stereocenters. The maximum atomic E-state index is 13.9. The van der Waals surface area contributed by atoms with Crippen molar-refractivity contribution in [3.63, 3.8) is 0 Å². The minimum absolute atomic E-state index is 0.286. The Balaban J connectivity index is 1.29. The molecule has 1 aliphatic carbocycles. The maximum Gasteiger partial charge on any atom is 0.405 e. The molecule has 1 fully saturated rings. The van der Waals surface area contributed by atoms with E-state index in [1.54, 1.807) is 53.4 Å². The smallest absolute Gasteiger partial charge is 0.405 e. The number of anilines is 1. The van der Waals surface area contributed by atoms with Crippen molar-refractivity contribution in [3.8, 4) is 22.6 Å². The number of carbonyl (C=O) groups excluding carboxylic acids is 3. The van der Waals surface area contributed by atoms with Crippen LogP contribution in [-0.2, 0) is 16.0 Å². The highest BCUT2D eigenvalue weighted by Crippen LogP contribution is 2.49. The fraction of sp³-hybridized carbons (Fsp3) is 0.270. The topological polar surface area (TPSA) is 87.7 Å². The Morgan fingerprint density at radius 3 is 2.40 bits per heavy atom. The molecule has 0 saturated carbocycles. The van der Waals surface area contributed by atoms with Crippen molar-refractivity contribution in [2.24, 2.45) is 0 Å². The van der Waals surface area contributed by atoms with Crippen molar-refractivity contribution in [1.82, 2.24) is 10.6 Å². The second-order valence-corrected chi connectivity index (χ2v) is 11.7. The van der Waals surface area contributed by atoms with E-state index in [1.165, 1.54) is 0 Å². The van der Waals surface area contributed by atoms with E-state index >= 15 is 0 Å². The van der Waals surface area contributed by atoms with Crippen LogP contribution < -0.4 is 20.3 Å². The van der Waals surface area contributed by atoms with Gasteiger partial charge in [0.25, 0.3) is 5.91 Å². The molecule has 0 radical (unpaired) electrons. The summed E-state index contributed by atoms with van der Waals surface area (Å²) in [6, 6.07) is 26.0. The molecule has 7 nitrogen and oxygen atoms in total. The van der Waals surface area contributed by atoms with E-state index in [2.05, 4.69) is 10.6 Å². The third-order valence-electron chi connectivity index (χ3n) is 8.59. The van der Waals surface area contributed by atoms with E-state index in [0.717, 1.165) is 29.5 Å². The lowest BCUT2D eigenvalue weighted by Crippen LogP contribution is -2.42. The number of unbranched alkanes of at least 4 members (excludes halogenated alkanes) is 1. The molecule has 3 amide bonds. The molecule has 6 rings (SSSR count). The van der Waals surface area contributed by atoms with Crippen molar-refractivity contribution < 1.29 is 32.3 Å². The number of halogens is 3. The average molecular weight is 642 g/mol. The zero-order chi connectivity index (χ0) is 33.1. The number of amides is 3. The molecule has 0 bridgehead atoms. The van der Waals surface area contributed by atoms with Crippen molar-refractivity contribution in [1.29, 1.82) is 0 Å². The maximum absolute atomic E-state index is 13.9. The first-order valence-electron chi connectivity index (χ1n) is 15.7. The van der Waals surface area contributed by atoms with Crippen LogP contribution in [0.25, 0.3) is 11.1 Å². The van der Waals surface area contributed by atoms with E-state index in [-0.39, 0.29) is 11.5 Å². The van der Waals surface area contributed by atoms with Gasteiger partial charge >= 0.3 is 6.18 Å². The van der Waals surface area contributed by atoms with Gasteiger partial charge in [0.05, 0.1) is 11.5 Å². The Morgan fingerprint density at radius 1 is 0.915 bits per heavy atom. The predicted octanol–water partition coefficient (Wildman–Crippen LogP) is 7.15. The molecule has 2 N–H and O–H groups in total. The molecule has 0 spiro atoms. The molecule has 10 heteroatoms. The van der Waals surface area contributed by atoms with E-state index in [1.807, 2.05) is 49.4 Å². The van der Waals surface area contributed by atoms with Crippen LogP contribution in [0.1, 0.15) is 59.2 Å². The first-order chi connectivity index (χ1) is 22.7. The van der Waals surface area contributed by atoms with Gasteiger partial charge in [0, 0.05) is 12.2 Å². The second-order valence-electron chi connectivity index (χ2n) is 11.7. The van der Waals surface area contributed by atoms with Crippen LogP contribution in [0.2, 0.25) is 0 Å². The zero-order valence-corrected chi connectivity index (χ0v) is 25.8. The van der Waals surface area contributed by atoms with Gasteiger partial charge in [-0.25, -0.2) is 0 Å². The Morgan fingerprint density at radius 2 is 1.64 bits per heavy atom. The number of ether oxygens (including phenoxy) is 1. The Bertz CT molecular complexity index is 1810. The quantitative estimate of drug-likeness (QED) is 0.193. The molecular formula is C37H34F3N3O4. The van der Waals surface area contributed by atoms with Gasteiger partial charge in [0.2, 0.25) is 11.8 Å². The average Bonchev–Trinajstić information content (AvgIpc) is 3.60. The number of rotatable bonds is 10. The fourth-order valence-corrected chi connectivity index (χ4v) is 6.45. The van der Waals surface area contributed by atoms with Crippen LogP contribution in [0.5, 0.6) is 11.5 Å². The van der Waals surface area contributed by atoms with Gasteiger partial charge in [0.1, 0.15) is 24.1 Å². The van der Waals surface area contributed by atoms with Crippen molar-refractivity contribution in [2.45, 2.75) is 50.7 Å². The number of carbonyl (C=O) groups is 3. The Labute approximate surface area is 270 Å². The fourth-order valence-electron chi connectivity index (χ4n) is 6.45. The van der Waals surface area contributed by atoms with Gasteiger partial charge < -0.3 is 20.3 Å². The third-order valence-corrected chi connectivity index (χ3v) is 8.59. The lowest BCUT2D eigenvalue weighted by molar-refractivity contribution is -0.138. The van der Waals surface area contributed by atoms with Gasteiger partial charge in [0.15, 0.2) is 0 Å². The molecule has 1 saturated heterocycles. The van der Waals surface area contributed by atoms with Crippen LogP contribution in [-0.4, -0.2) is 43.0 Å². The summed E-state index contributed by atoms with van der Waals surface area (Å²) in [6.07, 6.45) is -2.10. The first-order valence-corrected chi connectivity index (χ1v) is 15.7. The van der Waals surface area contributed by atoms with E-state index in [4.69, 9.17) is 4.74 Å². The number of nitrogens with one attached hydrogen (secondary N) is 2. The number of hydrogen-bond acceptors (Lipinski definition) is 4. The van der Waals surface area contributed by atoms with Gasteiger partial charge in [-0.1, -0.05) is 74.0 Å². The van der Waals surface area contributed by atoms with Crippen molar-refractivity contribution >= 4 is 23.4 Å². The number of fused-ring (bicyclic) bond motifs is 3. The zero-order valence-electron chi connectivity index (χ0n) is 25.8. The highest BCUT2D eigenvalue weighted by molar-refractivity contribution is 6.06. The number of para-hydroxylation sites is 2. The highest BCUT2D eigenvalue weighted by Gasteiger charge is 2.41. The second kappa shape index (κ2) is 13.3. The summed E-state index contributed by atoms with van der Waals surface area (Å²) in [4.78, 5) is 42.4. The number of alkyl halides is 3. The largest absolute Gasteiger partial charge is 0.457 e. The summed E-state index contributed by atoms with van der Waals surface area (Å²) in [5.41, 5.74) is 4.47. The van der Waals surface area contributed by atoms with E-state index in [9.17, 15) is 27.6 Å². The first kappa shape index (κ1) is 31.8. The molecular weight excluding hydrogens is 607 g/mol. The van der Waals surface area contributed by atoms with Gasteiger partial charge in [-0.2, -0.15) is 13.2 Å². The standard InChI is InChI=1S/C37H34F3N3O4/c1-2-3-13-27-30(19-18-26-24-14-7-8-15-25(24)33(32(26)27)35(45)41-22-37(38,39)40)43-21-20-29(36(43)46)42-34(44)28-16-9-10-17-31(28)47-23-11-5-4-6-12-23/h4-12,14-19,29,33H,2-3,13,20-22H2,1H3,(H,41,45)(H,42,44). The summed E-state index contributed by atoms with van der Waals surface area (Å²) in [5.74, 6) is -1.52. The molecule has 0 aromatic heterocycles. The third kappa shape index (κ3) is 6.58. The summed E-state index contributed by atoms with van der Waals surface area (Å²) in [7, 11) is 0. The summed E-state index contributed by atoms with van der Waals surface area (Å²) in [5, 5.41) is 4.97. The van der Waals surface area contributed by atoms with Crippen LogP contribution in [0, 0.1) is 0 Å². The normalized spacial score (nSPS) is 16.9. The lowest BCUT2D eigenvalue weighted by atomic mass is 9.88. The molecule has 4 aromatic rings. The Hall–Kier alpha value is -5.12. The van der Waals surface area contributed by atoms with Crippen molar-refractivity contribution in [2.75, 3.05) is 18.0 Å². The summed E-state index contributed by atoms with van der Waals surface area (Å²) < 4.78 is 45.3. The van der Waals surface area contributed by atoms with E-state index < -0.39 is 36.5 Å². The minimum atomic E-state index is -4.56. The van der Waals surface area contributed by atoms with Crippen LogP contribution in [0.4, 0.5) is 18.9 Å². The molecule has 2 atom stereocenters. The lowest BCUT2D eigenvalue weighted by Gasteiger charge is -2.25. The van der Waals surface area contributed by atoms with Crippen LogP contribution in [0.15, 0.2) is 91.0 Å². The monoisotopic (exact) mass is 641 g/mol. The molecule has 242 valence electrons. The molecule has 2 aliphatic rings. The number of benzene rings is 4. The SMILES string of the molecule is CCCCc1c(N2CCC(NC(=O)c3ccccc3Oc3ccccc3)C2=O)ccc2c1C(C(=O)NCC(F)(F)F)c1ccccc1-2. The molecule has 47 heavy (non-hydrogen) atoms. The van der Waals surface area contributed by atoms with Crippen molar-refractivity contribution in [3.05, 3.63) is 113 Å². The van der Waals surface area contributed by atoms with Gasteiger partial charge in [-0.3, -0.25) is 14.4 Å². The molecule has 1 heterocycles. The minimum Gasteiger partial charge on any atom is -0.457 e. The van der Waals surface area contributed by atoms with Crippen LogP contribution in [0.3, 0.4) is 0 Å².